The van der Waals surface area contributed by atoms with Crippen molar-refractivity contribution in [2.45, 2.75) is 20.4 Å². The summed E-state index contributed by atoms with van der Waals surface area (Å²) < 4.78 is 0. The molecule has 0 aliphatic rings. The first kappa shape index (κ1) is 16.5. The minimum atomic E-state index is 0.00658. The zero-order valence-corrected chi connectivity index (χ0v) is 14.0. The molecule has 0 radical (unpaired) electrons. The number of amides is 1. The largest absolute Gasteiger partial charge is 0.325 e. The van der Waals surface area contributed by atoms with Gasteiger partial charge >= 0.3 is 0 Å². The molecule has 1 N–H and O–H groups in total. The van der Waals surface area contributed by atoms with Gasteiger partial charge in [0.05, 0.1) is 6.54 Å². The fraction of sp³-hybridized carbons (Fsp3) is 0.278. The molecule has 0 saturated heterocycles. The van der Waals surface area contributed by atoms with E-state index in [9.17, 15) is 4.79 Å². The van der Waals surface area contributed by atoms with Gasteiger partial charge in [0, 0.05) is 23.7 Å². The van der Waals surface area contributed by atoms with Crippen molar-refractivity contribution in [2.24, 2.45) is 0 Å². The lowest BCUT2D eigenvalue weighted by atomic mass is 10.1. The van der Waals surface area contributed by atoms with Crippen LogP contribution < -0.4 is 5.32 Å². The Bertz CT molecular complexity index is 635. The van der Waals surface area contributed by atoms with Crippen molar-refractivity contribution in [1.82, 2.24) is 4.90 Å². The van der Waals surface area contributed by atoms with Crippen LogP contribution in [0.5, 0.6) is 0 Å². The van der Waals surface area contributed by atoms with Crippen LogP contribution in [0.2, 0.25) is 0 Å². The molecule has 0 atom stereocenters. The lowest BCUT2D eigenvalue weighted by molar-refractivity contribution is -0.117. The summed E-state index contributed by atoms with van der Waals surface area (Å²) in [5.74, 6) is 0.00658. The Morgan fingerprint density at radius 1 is 1.32 bits per heavy atom. The van der Waals surface area contributed by atoms with Crippen molar-refractivity contribution in [1.29, 1.82) is 0 Å². The predicted molar refractivity (Wildman–Crippen MR) is 94.3 cm³/mol. The van der Waals surface area contributed by atoms with Gasteiger partial charge in [0.15, 0.2) is 0 Å². The standard InChI is InChI=1S/C18H22N2OS/c1-4-10-20(12-16-8-6-11-22-16)13-18(21)19-17-9-5-7-14(2)15(17)3/h4-9,11H,1,10,12-13H2,2-3H3,(H,19,21). The smallest absolute Gasteiger partial charge is 0.238 e. The SMILES string of the molecule is C=CCN(CC(=O)Nc1cccc(C)c1C)Cc1cccs1. The number of anilines is 1. The molecule has 0 fully saturated rings. The van der Waals surface area contributed by atoms with E-state index in [-0.39, 0.29) is 5.91 Å². The quantitative estimate of drug-likeness (QED) is 0.784. The van der Waals surface area contributed by atoms with Crippen LogP contribution in [-0.4, -0.2) is 23.9 Å². The maximum atomic E-state index is 12.3. The molecule has 0 spiro atoms. The number of nitrogens with one attached hydrogen (secondary N) is 1. The fourth-order valence-corrected chi connectivity index (χ4v) is 3.02. The Morgan fingerprint density at radius 3 is 2.82 bits per heavy atom. The molecular weight excluding hydrogens is 292 g/mol. The molecule has 2 aromatic rings. The fourth-order valence-electron chi connectivity index (χ4n) is 2.27. The maximum absolute atomic E-state index is 12.3. The number of benzene rings is 1. The summed E-state index contributed by atoms with van der Waals surface area (Å²) in [4.78, 5) is 15.6. The maximum Gasteiger partial charge on any atom is 0.238 e. The second kappa shape index (κ2) is 7.92. The average Bonchev–Trinajstić information content (AvgIpc) is 2.97. The summed E-state index contributed by atoms with van der Waals surface area (Å²) in [5, 5.41) is 5.06. The molecule has 116 valence electrons. The summed E-state index contributed by atoms with van der Waals surface area (Å²) in [6.07, 6.45) is 1.83. The van der Waals surface area contributed by atoms with E-state index in [1.165, 1.54) is 10.4 Å². The van der Waals surface area contributed by atoms with Crippen molar-refractivity contribution in [2.75, 3.05) is 18.4 Å². The summed E-state index contributed by atoms with van der Waals surface area (Å²) in [6.45, 7) is 9.67. The van der Waals surface area contributed by atoms with Gasteiger partial charge in [-0.3, -0.25) is 9.69 Å². The van der Waals surface area contributed by atoms with E-state index >= 15 is 0 Å². The van der Waals surface area contributed by atoms with Crippen LogP contribution in [0.1, 0.15) is 16.0 Å². The molecule has 1 heterocycles. The highest BCUT2D eigenvalue weighted by molar-refractivity contribution is 7.09. The van der Waals surface area contributed by atoms with Crippen LogP contribution in [-0.2, 0) is 11.3 Å². The Labute approximate surface area is 136 Å². The van der Waals surface area contributed by atoms with Crippen LogP contribution in [0.25, 0.3) is 0 Å². The first-order valence-electron chi connectivity index (χ1n) is 7.32. The highest BCUT2D eigenvalue weighted by Gasteiger charge is 2.12. The molecule has 1 aromatic carbocycles. The van der Waals surface area contributed by atoms with Gasteiger partial charge in [-0.2, -0.15) is 0 Å². The Balaban J connectivity index is 1.98. The third kappa shape index (κ3) is 4.55. The second-order valence-electron chi connectivity index (χ2n) is 5.33. The molecule has 22 heavy (non-hydrogen) atoms. The third-order valence-electron chi connectivity index (χ3n) is 3.59. The van der Waals surface area contributed by atoms with Crippen LogP contribution >= 0.6 is 11.3 Å². The van der Waals surface area contributed by atoms with Gasteiger partial charge < -0.3 is 5.32 Å². The van der Waals surface area contributed by atoms with Gasteiger partial charge in [-0.05, 0) is 42.5 Å². The Hall–Kier alpha value is -1.91. The molecule has 1 aromatic heterocycles. The molecule has 0 unspecified atom stereocenters. The van der Waals surface area contributed by atoms with Crippen molar-refractivity contribution in [3.63, 3.8) is 0 Å². The lowest BCUT2D eigenvalue weighted by Gasteiger charge is -2.20. The molecule has 0 bridgehead atoms. The molecular formula is C18H22N2OS. The highest BCUT2D eigenvalue weighted by Crippen LogP contribution is 2.18. The van der Waals surface area contributed by atoms with Crippen LogP contribution in [0.4, 0.5) is 5.69 Å². The van der Waals surface area contributed by atoms with Gasteiger partial charge in [0.1, 0.15) is 0 Å². The molecule has 3 nitrogen and oxygen atoms in total. The molecule has 1 amide bonds. The van der Waals surface area contributed by atoms with Gasteiger partial charge in [0.25, 0.3) is 0 Å². The molecule has 0 aliphatic heterocycles. The van der Waals surface area contributed by atoms with Gasteiger partial charge in [0.2, 0.25) is 5.91 Å². The van der Waals surface area contributed by atoms with E-state index in [1.54, 1.807) is 11.3 Å². The number of aryl methyl sites for hydroxylation is 1. The highest BCUT2D eigenvalue weighted by atomic mass is 32.1. The predicted octanol–water partition coefficient (Wildman–Crippen LogP) is 3.99. The van der Waals surface area contributed by atoms with Gasteiger partial charge in [-0.25, -0.2) is 0 Å². The van der Waals surface area contributed by atoms with Crippen molar-refractivity contribution < 1.29 is 4.79 Å². The first-order chi connectivity index (χ1) is 10.6. The number of nitrogens with zero attached hydrogens (tertiary/aromatic N) is 1. The number of carbonyl (C=O) groups excluding carboxylic acids is 1. The lowest BCUT2D eigenvalue weighted by Crippen LogP contribution is -2.33. The van der Waals surface area contributed by atoms with Crippen LogP contribution in [0, 0.1) is 13.8 Å². The zero-order chi connectivity index (χ0) is 15.9. The third-order valence-corrected chi connectivity index (χ3v) is 4.45. The Kier molecular flexibility index (Phi) is 5.92. The second-order valence-corrected chi connectivity index (χ2v) is 6.37. The van der Waals surface area contributed by atoms with E-state index < -0.39 is 0 Å². The number of thiophene rings is 1. The minimum Gasteiger partial charge on any atom is -0.325 e. The van der Waals surface area contributed by atoms with E-state index in [1.807, 2.05) is 44.2 Å². The van der Waals surface area contributed by atoms with E-state index in [4.69, 9.17) is 0 Å². The monoisotopic (exact) mass is 314 g/mol. The van der Waals surface area contributed by atoms with E-state index in [0.29, 0.717) is 13.1 Å². The zero-order valence-electron chi connectivity index (χ0n) is 13.1. The van der Waals surface area contributed by atoms with E-state index in [0.717, 1.165) is 17.8 Å². The van der Waals surface area contributed by atoms with Crippen LogP contribution in [0.3, 0.4) is 0 Å². The van der Waals surface area contributed by atoms with E-state index in [2.05, 4.69) is 28.2 Å². The summed E-state index contributed by atoms with van der Waals surface area (Å²) >= 11 is 1.70. The number of hydrogen-bond acceptors (Lipinski definition) is 3. The molecule has 2 rings (SSSR count). The number of rotatable bonds is 7. The average molecular weight is 314 g/mol. The number of carbonyl (C=O) groups is 1. The summed E-state index contributed by atoms with van der Waals surface area (Å²) in [6, 6.07) is 10.1. The molecule has 0 aliphatic carbocycles. The normalized spacial score (nSPS) is 10.7. The number of hydrogen-bond donors (Lipinski definition) is 1. The molecule has 4 heteroatoms. The van der Waals surface area contributed by atoms with Crippen LogP contribution in [0.15, 0.2) is 48.4 Å². The molecule has 0 saturated carbocycles. The van der Waals surface area contributed by atoms with Gasteiger partial charge in [-0.15, -0.1) is 17.9 Å². The van der Waals surface area contributed by atoms with Crippen molar-refractivity contribution in [3.8, 4) is 0 Å². The minimum absolute atomic E-state index is 0.00658. The first-order valence-corrected chi connectivity index (χ1v) is 8.20. The van der Waals surface area contributed by atoms with Crippen molar-refractivity contribution in [3.05, 3.63) is 64.4 Å². The van der Waals surface area contributed by atoms with Crippen molar-refractivity contribution >= 4 is 22.9 Å². The Morgan fingerprint density at radius 2 is 2.14 bits per heavy atom. The topological polar surface area (TPSA) is 32.3 Å². The summed E-state index contributed by atoms with van der Waals surface area (Å²) in [7, 11) is 0. The van der Waals surface area contributed by atoms with Gasteiger partial charge in [-0.1, -0.05) is 24.3 Å². The summed E-state index contributed by atoms with van der Waals surface area (Å²) in [5.41, 5.74) is 3.18.